The van der Waals surface area contributed by atoms with Gasteiger partial charge >= 0.3 is 0 Å². The average Bonchev–Trinajstić information content (AvgIpc) is 2.72. The van der Waals surface area contributed by atoms with Crippen LogP contribution in [0.25, 0.3) is 0 Å². The van der Waals surface area contributed by atoms with Crippen LogP contribution in [0.2, 0.25) is 0 Å². The molecule has 2 N–H and O–H groups in total. The molecule has 4 nitrogen and oxygen atoms in total. The van der Waals surface area contributed by atoms with E-state index in [-0.39, 0.29) is 18.6 Å². The third kappa shape index (κ3) is 3.76. The molecule has 1 aromatic carbocycles. The van der Waals surface area contributed by atoms with Gasteiger partial charge in [-0.2, -0.15) is 0 Å². The summed E-state index contributed by atoms with van der Waals surface area (Å²) in [6.45, 7) is 2.58. The van der Waals surface area contributed by atoms with Gasteiger partial charge in [-0.1, -0.05) is 0 Å². The van der Waals surface area contributed by atoms with Crippen molar-refractivity contribution in [3.8, 4) is 0 Å². The number of hydrogen-bond acceptors (Lipinski definition) is 3. The highest BCUT2D eigenvalue weighted by Crippen LogP contribution is 2.26. The van der Waals surface area contributed by atoms with Crippen molar-refractivity contribution in [2.45, 2.75) is 25.0 Å². The van der Waals surface area contributed by atoms with Crippen molar-refractivity contribution in [3.63, 3.8) is 0 Å². The number of rotatable bonds is 3. The zero-order valence-corrected chi connectivity index (χ0v) is 17.2. The first kappa shape index (κ1) is 17.2. The van der Waals surface area contributed by atoms with Gasteiger partial charge in [-0.25, -0.2) is 0 Å². The minimum Gasteiger partial charge on any atom is -0.385 e. The van der Waals surface area contributed by atoms with E-state index in [9.17, 15) is 9.90 Å². The second kappa shape index (κ2) is 6.92. The molecule has 110 valence electrons. The second-order valence-corrected chi connectivity index (χ2v) is 8.28. The Bertz CT molecular complexity index is 538. The molecule has 1 aliphatic heterocycles. The van der Waals surface area contributed by atoms with Gasteiger partial charge in [0.2, 0.25) is 0 Å². The van der Waals surface area contributed by atoms with Crippen LogP contribution in [-0.4, -0.2) is 35.9 Å². The Kier molecular flexibility index (Phi) is 5.94. The van der Waals surface area contributed by atoms with Crippen LogP contribution < -0.4 is 5.32 Å². The van der Waals surface area contributed by atoms with Crippen LogP contribution in [0.15, 0.2) is 12.1 Å². The zero-order valence-electron chi connectivity index (χ0n) is 10.8. The lowest BCUT2D eigenvalue weighted by atomic mass is 9.96. The molecule has 0 bridgehead atoms. The fraction of sp³-hybridized carbons (Fsp3) is 0.462. The molecule has 1 fully saturated rings. The maximum absolute atomic E-state index is 12.3. The summed E-state index contributed by atoms with van der Waals surface area (Å²) in [6, 6.07) is 3.89. The second-order valence-electron chi connectivity index (χ2n) is 4.80. The Balaban J connectivity index is 2.09. The third-order valence-electron chi connectivity index (χ3n) is 3.45. The van der Waals surface area contributed by atoms with Gasteiger partial charge in [0, 0.05) is 30.3 Å². The number of halogens is 3. The van der Waals surface area contributed by atoms with Crippen molar-refractivity contribution in [2.24, 2.45) is 0 Å². The summed E-state index contributed by atoms with van der Waals surface area (Å²) in [5, 5.41) is 13.2. The van der Waals surface area contributed by atoms with Crippen LogP contribution in [0, 0.1) is 10.7 Å². The lowest BCUT2D eigenvalue weighted by Gasteiger charge is -2.26. The highest BCUT2D eigenvalue weighted by atomic mass is 127. The van der Waals surface area contributed by atoms with Crippen LogP contribution in [-0.2, 0) is 4.74 Å². The van der Waals surface area contributed by atoms with Crippen molar-refractivity contribution in [1.82, 2.24) is 5.32 Å². The Morgan fingerprint density at radius 1 is 1.50 bits per heavy atom. The van der Waals surface area contributed by atoms with Gasteiger partial charge in [-0.05, 0) is 86.8 Å². The lowest BCUT2D eigenvalue weighted by molar-refractivity contribution is -0.0251. The summed E-state index contributed by atoms with van der Waals surface area (Å²) in [5.41, 5.74) is -0.312. The zero-order chi connectivity index (χ0) is 14.9. The molecule has 0 radical (unpaired) electrons. The molecule has 1 amide bonds. The quantitative estimate of drug-likeness (QED) is 0.408. The minimum atomic E-state index is -0.962. The molecule has 2 rings (SSSR count). The molecular weight excluding hydrogens is 599 g/mol. The average molecular weight is 613 g/mol. The number of benzene rings is 1. The molecule has 20 heavy (non-hydrogen) atoms. The summed E-state index contributed by atoms with van der Waals surface area (Å²) in [6.07, 6.45) is 0.299. The lowest BCUT2D eigenvalue weighted by Crippen LogP contribution is -2.47. The topological polar surface area (TPSA) is 58.6 Å². The molecule has 0 spiro atoms. The minimum absolute atomic E-state index is 0.154. The maximum Gasteiger partial charge on any atom is 0.252 e. The van der Waals surface area contributed by atoms with E-state index in [1.165, 1.54) is 0 Å². The Morgan fingerprint density at radius 2 is 2.20 bits per heavy atom. The monoisotopic (exact) mass is 613 g/mol. The van der Waals surface area contributed by atoms with Gasteiger partial charge in [0.1, 0.15) is 5.60 Å². The van der Waals surface area contributed by atoms with Crippen LogP contribution in [0.3, 0.4) is 0 Å². The van der Waals surface area contributed by atoms with Gasteiger partial charge < -0.3 is 15.2 Å². The Labute approximate surface area is 158 Å². The molecule has 1 saturated heterocycles. The first-order valence-electron chi connectivity index (χ1n) is 6.10. The van der Waals surface area contributed by atoms with E-state index in [2.05, 4.69) is 73.1 Å². The van der Waals surface area contributed by atoms with Crippen molar-refractivity contribution < 1.29 is 14.6 Å². The normalized spacial score (nSPS) is 25.8. The summed E-state index contributed by atoms with van der Waals surface area (Å²) >= 11 is 6.59. The van der Waals surface area contributed by atoms with Crippen molar-refractivity contribution in [1.29, 1.82) is 0 Å². The van der Waals surface area contributed by atoms with Crippen LogP contribution in [0.1, 0.15) is 23.7 Å². The molecular formula is C13H14I3NO3. The van der Waals surface area contributed by atoms with E-state index in [0.717, 1.165) is 10.7 Å². The van der Waals surface area contributed by atoms with E-state index in [4.69, 9.17) is 4.74 Å². The highest BCUT2D eigenvalue weighted by Gasteiger charge is 2.39. The number of nitrogens with one attached hydrogen (secondary N) is 1. The van der Waals surface area contributed by atoms with E-state index < -0.39 is 5.60 Å². The third-order valence-corrected chi connectivity index (χ3v) is 7.12. The predicted octanol–water partition coefficient (Wildman–Crippen LogP) is 2.77. The Morgan fingerprint density at radius 3 is 2.80 bits per heavy atom. The largest absolute Gasteiger partial charge is 0.385 e. The number of amides is 1. The molecule has 0 saturated carbocycles. The molecule has 1 aromatic rings. The molecule has 1 heterocycles. The van der Waals surface area contributed by atoms with Gasteiger partial charge in [0.15, 0.2) is 0 Å². The molecule has 1 aliphatic rings. The van der Waals surface area contributed by atoms with Gasteiger partial charge in [0.25, 0.3) is 5.91 Å². The molecule has 7 heteroatoms. The smallest absolute Gasteiger partial charge is 0.252 e. The number of ether oxygens (including phenoxy) is 1. The fourth-order valence-electron chi connectivity index (χ4n) is 2.05. The fourth-order valence-corrected chi connectivity index (χ4v) is 4.45. The number of carbonyl (C=O) groups excluding carboxylic acids is 1. The van der Waals surface area contributed by atoms with E-state index in [1.54, 1.807) is 0 Å². The standard InChI is InChI=1S/C13H14I3NO3/c1-7-13(19,2-3-20-7)6-17-12(18)9-4-8(14)5-10(15)11(9)16/h4-5,7,19H,2-3,6H2,1H3,(H,17,18). The van der Waals surface area contributed by atoms with Crippen LogP contribution >= 0.6 is 67.8 Å². The van der Waals surface area contributed by atoms with Crippen molar-refractivity contribution in [3.05, 3.63) is 28.4 Å². The molecule has 0 aliphatic carbocycles. The predicted molar refractivity (Wildman–Crippen MR) is 102 cm³/mol. The first-order valence-corrected chi connectivity index (χ1v) is 9.34. The van der Waals surface area contributed by atoms with Gasteiger partial charge in [-0.15, -0.1) is 0 Å². The number of hydrogen-bond donors (Lipinski definition) is 2. The maximum atomic E-state index is 12.3. The molecule has 0 aromatic heterocycles. The van der Waals surface area contributed by atoms with Crippen molar-refractivity contribution >= 4 is 73.7 Å². The summed E-state index contributed by atoms with van der Waals surface area (Å²) < 4.78 is 8.37. The van der Waals surface area contributed by atoms with Gasteiger partial charge in [0.05, 0.1) is 11.7 Å². The SMILES string of the molecule is CC1OCCC1(O)CNC(=O)c1cc(I)cc(I)c1I. The first-order chi connectivity index (χ1) is 9.33. The van der Waals surface area contributed by atoms with Gasteiger partial charge in [-0.3, -0.25) is 4.79 Å². The van der Waals surface area contributed by atoms with Crippen LogP contribution in [0.5, 0.6) is 0 Å². The highest BCUT2D eigenvalue weighted by molar-refractivity contribution is 14.1. The molecule has 2 unspecified atom stereocenters. The van der Waals surface area contributed by atoms with Crippen molar-refractivity contribution in [2.75, 3.05) is 13.2 Å². The summed E-state index contributed by atoms with van der Waals surface area (Å²) in [5.74, 6) is -0.154. The Hall–Kier alpha value is 0.800. The summed E-state index contributed by atoms with van der Waals surface area (Å²) in [7, 11) is 0. The van der Waals surface area contributed by atoms with E-state index in [0.29, 0.717) is 18.6 Å². The number of carbonyl (C=O) groups is 1. The van der Waals surface area contributed by atoms with E-state index >= 15 is 0 Å². The number of aliphatic hydroxyl groups is 1. The molecule has 2 atom stereocenters. The summed E-state index contributed by atoms with van der Waals surface area (Å²) in [4.78, 5) is 12.3. The van der Waals surface area contributed by atoms with E-state index in [1.807, 2.05) is 19.1 Å². The van der Waals surface area contributed by atoms with Crippen LogP contribution in [0.4, 0.5) is 0 Å².